The molecule has 2 nitrogen and oxygen atoms in total. The molecule has 0 aromatic heterocycles. The molecule has 1 saturated carbocycles. The minimum atomic E-state index is 0.296. The molecule has 0 bridgehead atoms. The zero-order valence-electron chi connectivity index (χ0n) is 10.1. The van der Waals surface area contributed by atoms with Gasteiger partial charge in [0.15, 0.2) is 0 Å². The predicted octanol–water partition coefficient (Wildman–Crippen LogP) is 3.57. The summed E-state index contributed by atoms with van der Waals surface area (Å²) in [5.41, 5.74) is 1.60. The maximum absolute atomic E-state index is 8.81. The van der Waals surface area contributed by atoms with Crippen LogP contribution in [0.1, 0.15) is 24.8 Å². The van der Waals surface area contributed by atoms with Crippen LogP contribution in [0.25, 0.3) is 0 Å². The molecular weight excluding hydrogens is 276 g/mol. The number of benzene rings is 1. The third kappa shape index (κ3) is 3.31. The molecule has 1 aromatic rings. The summed E-state index contributed by atoms with van der Waals surface area (Å²) in [7, 11) is 2.14. The molecule has 1 aliphatic rings. The van der Waals surface area contributed by atoms with Crippen molar-refractivity contribution >= 4 is 15.9 Å². The fraction of sp³-hybridized carbons (Fsp3) is 0.500. The Labute approximate surface area is 111 Å². The summed E-state index contributed by atoms with van der Waals surface area (Å²) in [6.45, 7) is 1.97. The van der Waals surface area contributed by atoms with Crippen molar-refractivity contribution in [3.05, 3.63) is 34.3 Å². The average molecular weight is 293 g/mol. The number of hydrogen-bond donors (Lipinski definition) is 0. The van der Waals surface area contributed by atoms with Gasteiger partial charge >= 0.3 is 0 Å². The Morgan fingerprint density at radius 1 is 1.41 bits per heavy atom. The van der Waals surface area contributed by atoms with Gasteiger partial charge in [-0.05, 0) is 36.9 Å². The summed E-state index contributed by atoms with van der Waals surface area (Å²) in [4.78, 5) is 2.32. The average Bonchev–Trinajstić information content (AvgIpc) is 3.02. The van der Waals surface area contributed by atoms with Gasteiger partial charge in [-0.1, -0.05) is 34.1 Å². The van der Waals surface area contributed by atoms with Crippen molar-refractivity contribution in [3.63, 3.8) is 0 Å². The fourth-order valence-electron chi connectivity index (χ4n) is 2.28. The molecule has 90 valence electrons. The molecule has 17 heavy (non-hydrogen) atoms. The van der Waals surface area contributed by atoms with Crippen LogP contribution in [0.4, 0.5) is 0 Å². The normalized spacial score (nSPS) is 16.8. The molecule has 1 fully saturated rings. The predicted molar refractivity (Wildman–Crippen MR) is 72.4 cm³/mol. The number of hydrogen-bond acceptors (Lipinski definition) is 2. The Hall–Kier alpha value is -0.850. The zero-order chi connectivity index (χ0) is 12.3. The van der Waals surface area contributed by atoms with Gasteiger partial charge in [0, 0.05) is 24.0 Å². The quantitative estimate of drug-likeness (QED) is 0.829. The summed E-state index contributed by atoms with van der Waals surface area (Å²) >= 11 is 3.57. The van der Waals surface area contributed by atoms with Crippen molar-refractivity contribution in [3.8, 4) is 6.07 Å². The SMILES string of the molecule is CN(Cc1ccccc1Br)CC1(CC#N)CC1. The van der Waals surface area contributed by atoms with Crippen LogP contribution in [-0.4, -0.2) is 18.5 Å². The van der Waals surface area contributed by atoms with Gasteiger partial charge in [-0.15, -0.1) is 0 Å². The van der Waals surface area contributed by atoms with Crippen LogP contribution in [0.2, 0.25) is 0 Å². The van der Waals surface area contributed by atoms with Crippen molar-refractivity contribution in [1.29, 1.82) is 5.26 Å². The molecular formula is C14H17BrN2. The Bertz CT molecular complexity index is 432. The van der Waals surface area contributed by atoms with Crippen LogP contribution in [-0.2, 0) is 6.54 Å². The van der Waals surface area contributed by atoms with Gasteiger partial charge in [0.25, 0.3) is 0 Å². The lowest BCUT2D eigenvalue weighted by atomic mass is 10.0. The summed E-state index contributed by atoms with van der Waals surface area (Å²) < 4.78 is 1.16. The van der Waals surface area contributed by atoms with E-state index >= 15 is 0 Å². The molecule has 0 unspecified atom stereocenters. The molecule has 1 aromatic carbocycles. The van der Waals surface area contributed by atoms with E-state index in [0.717, 1.165) is 17.6 Å². The molecule has 0 aliphatic heterocycles. The second-order valence-corrected chi connectivity index (χ2v) is 5.95. The highest BCUT2D eigenvalue weighted by Gasteiger charge is 2.42. The van der Waals surface area contributed by atoms with Crippen LogP contribution in [0.15, 0.2) is 28.7 Å². The highest BCUT2D eigenvalue weighted by Crippen LogP contribution is 2.49. The van der Waals surface area contributed by atoms with Crippen molar-refractivity contribution in [2.45, 2.75) is 25.8 Å². The van der Waals surface area contributed by atoms with Gasteiger partial charge in [0.05, 0.1) is 6.07 Å². The smallest absolute Gasteiger partial charge is 0.0628 e. The van der Waals surface area contributed by atoms with Gasteiger partial charge in [-0.3, -0.25) is 0 Å². The van der Waals surface area contributed by atoms with Gasteiger partial charge < -0.3 is 4.90 Å². The van der Waals surface area contributed by atoms with Gasteiger partial charge in [0.1, 0.15) is 0 Å². The topological polar surface area (TPSA) is 27.0 Å². The molecule has 3 heteroatoms. The van der Waals surface area contributed by atoms with Crippen molar-refractivity contribution < 1.29 is 0 Å². The van der Waals surface area contributed by atoms with E-state index < -0.39 is 0 Å². The molecule has 0 saturated heterocycles. The molecule has 2 rings (SSSR count). The van der Waals surface area contributed by atoms with Crippen LogP contribution < -0.4 is 0 Å². The number of rotatable bonds is 5. The monoisotopic (exact) mass is 292 g/mol. The minimum Gasteiger partial charge on any atom is -0.301 e. The van der Waals surface area contributed by atoms with Crippen LogP contribution in [0, 0.1) is 16.7 Å². The van der Waals surface area contributed by atoms with E-state index in [1.165, 1.54) is 18.4 Å². The second-order valence-electron chi connectivity index (χ2n) is 5.10. The third-order valence-corrected chi connectivity index (χ3v) is 4.19. The largest absolute Gasteiger partial charge is 0.301 e. The minimum absolute atomic E-state index is 0.296. The van der Waals surface area contributed by atoms with Gasteiger partial charge in [-0.2, -0.15) is 5.26 Å². The van der Waals surface area contributed by atoms with E-state index in [4.69, 9.17) is 5.26 Å². The maximum Gasteiger partial charge on any atom is 0.0628 e. The van der Waals surface area contributed by atoms with Gasteiger partial charge in [-0.25, -0.2) is 0 Å². The summed E-state index contributed by atoms with van der Waals surface area (Å²) in [5, 5.41) is 8.81. The summed E-state index contributed by atoms with van der Waals surface area (Å²) in [6.07, 6.45) is 3.12. The molecule has 0 radical (unpaired) electrons. The first-order valence-electron chi connectivity index (χ1n) is 5.94. The number of halogens is 1. The second kappa shape index (κ2) is 5.20. The molecule has 0 atom stereocenters. The molecule has 0 spiro atoms. The van der Waals surface area contributed by atoms with Crippen LogP contribution in [0.5, 0.6) is 0 Å². The van der Waals surface area contributed by atoms with E-state index in [-0.39, 0.29) is 0 Å². The Kier molecular flexibility index (Phi) is 3.86. The standard InChI is InChI=1S/C14H17BrN2/c1-17(11-14(6-7-14)8-9-16)10-12-4-2-3-5-13(12)15/h2-5H,6-8,10-11H2,1H3. The van der Waals surface area contributed by atoms with E-state index in [2.05, 4.69) is 52.1 Å². The van der Waals surface area contributed by atoms with Crippen LogP contribution in [0.3, 0.4) is 0 Å². The summed E-state index contributed by atoms with van der Waals surface area (Å²) in [6, 6.07) is 10.6. The first-order chi connectivity index (χ1) is 8.15. The van der Waals surface area contributed by atoms with Crippen LogP contribution >= 0.6 is 15.9 Å². The maximum atomic E-state index is 8.81. The lowest BCUT2D eigenvalue weighted by Gasteiger charge is -2.22. The molecule has 0 heterocycles. The first kappa shape index (κ1) is 12.6. The molecule has 0 amide bonds. The van der Waals surface area contributed by atoms with Crippen molar-refractivity contribution in [1.82, 2.24) is 4.90 Å². The zero-order valence-corrected chi connectivity index (χ0v) is 11.7. The number of nitriles is 1. The Balaban J connectivity index is 1.92. The highest BCUT2D eigenvalue weighted by atomic mass is 79.9. The highest BCUT2D eigenvalue weighted by molar-refractivity contribution is 9.10. The van der Waals surface area contributed by atoms with E-state index in [0.29, 0.717) is 11.8 Å². The van der Waals surface area contributed by atoms with E-state index in [9.17, 15) is 0 Å². The third-order valence-electron chi connectivity index (χ3n) is 3.41. The lowest BCUT2D eigenvalue weighted by molar-refractivity contribution is 0.257. The fourth-order valence-corrected chi connectivity index (χ4v) is 2.69. The van der Waals surface area contributed by atoms with E-state index in [1.54, 1.807) is 0 Å². The summed E-state index contributed by atoms with van der Waals surface area (Å²) in [5.74, 6) is 0. The lowest BCUT2D eigenvalue weighted by Crippen LogP contribution is -2.26. The molecule has 0 N–H and O–H groups in total. The number of nitrogens with zero attached hydrogens (tertiary/aromatic N) is 2. The van der Waals surface area contributed by atoms with E-state index in [1.807, 2.05) is 6.07 Å². The van der Waals surface area contributed by atoms with Gasteiger partial charge in [0.2, 0.25) is 0 Å². The molecule has 1 aliphatic carbocycles. The Morgan fingerprint density at radius 2 is 2.12 bits per heavy atom. The Morgan fingerprint density at radius 3 is 2.71 bits per heavy atom. The van der Waals surface area contributed by atoms with Crippen molar-refractivity contribution in [2.24, 2.45) is 5.41 Å². The first-order valence-corrected chi connectivity index (χ1v) is 6.73. The van der Waals surface area contributed by atoms with Crippen molar-refractivity contribution in [2.75, 3.05) is 13.6 Å².